The third-order valence-corrected chi connectivity index (χ3v) is 3.11. The van der Waals surface area contributed by atoms with Crippen LogP contribution in [0.5, 0.6) is 0 Å². The summed E-state index contributed by atoms with van der Waals surface area (Å²) in [7, 11) is 0. The van der Waals surface area contributed by atoms with Gasteiger partial charge in [-0.25, -0.2) is 8.78 Å². The van der Waals surface area contributed by atoms with Gasteiger partial charge in [0.2, 0.25) is 0 Å². The van der Waals surface area contributed by atoms with Crippen LogP contribution in [0.3, 0.4) is 0 Å². The summed E-state index contributed by atoms with van der Waals surface area (Å²) in [5.41, 5.74) is 6.00. The standard InChI is InChI=1S/C13H17F2NO2/c1-2-8(5-10(7-16)13(17)18)9-3-4-11(14)12(15)6-9/h3-4,6,8,10H,2,5,7,16H2,1H3,(H,17,18). The number of rotatable bonds is 6. The Bertz CT molecular complexity index is 423. The van der Waals surface area contributed by atoms with Crippen molar-refractivity contribution in [3.05, 3.63) is 35.4 Å². The van der Waals surface area contributed by atoms with Crippen LogP contribution in [0.1, 0.15) is 31.2 Å². The second kappa shape index (κ2) is 6.44. The summed E-state index contributed by atoms with van der Waals surface area (Å²) in [6.07, 6.45) is 0.974. The molecule has 0 heterocycles. The number of benzene rings is 1. The highest BCUT2D eigenvalue weighted by Gasteiger charge is 2.22. The minimum absolute atomic E-state index is 0.0372. The van der Waals surface area contributed by atoms with Crippen molar-refractivity contribution in [1.29, 1.82) is 0 Å². The van der Waals surface area contributed by atoms with Crippen LogP contribution in [-0.4, -0.2) is 17.6 Å². The number of carboxylic acid groups (broad SMARTS) is 1. The van der Waals surface area contributed by atoms with Gasteiger partial charge in [0.15, 0.2) is 11.6 Å². The van der Waals surface area contributed by atoms with Crippen molar-refractivity contribution in [3.63, 3.8) is 0 Å². The highest BCUT2D eigenvalue weighted by Crippen LogP contribution is 2.28. The fraction of sp³-hybridized carbons (Fsp3) is 0.462. The summed E-state index contributed by atoms with van der Waals surface area (Å²) in [6, 6.07) is 3.67. The zero-order valence-electron chi connectivity index (χ0n) is 10.2. The van der Waals surface area contributed by atoms with Gasteiger partial charge in [0, 0.05) is 6.54 Å². The van der Waals surface area contributed by atoms with E-state index in [2.05, 4.69) is 0 Å². The molecule has 0 spiro atoms. The first-order valence-corrected chi connectivity index (χ1v) is 5.87. The number of hydrogen-bond donors (Lipinski definition) is 2. The molecule has 0 aromatic heterocycles. The maximum absolute atomic E-state index is 13.1. The summed E-state index contributed by atoms with van der Waals surface area (Å²) >= 11 is 0. The van der Waals surface area contributed by atoms with E-state index in [1.807, 2.05) is 6.92 Å². The molecule has 5 heteroatoms. The van der Waals surface area contributed by atoms with Gasteiger partial charge in [-0.2, -0.15) is 0 Å². The van der Waals surface area contributed by atoms with Crippen molar-refractivity contribution in [3.8, 4) is 0 Å². The molecule has 0 saturated carbocycles. The largest absolute Gasteiger partial charge is 0.481 e. The number of nitrogens with two attached hydrogens (primary N) is 1. The molecule has 0 saturated heterocycles. The molecule has 0 aliphatic rings. The minimum Gasteiger partial charge on any atom is -0.481 e. The quantitative estimate of drug-likeness (QED) is 0.823. The molecule has 0 amide bonds. The van der Waals surface area contributed by atoms with Crippen LogP contribution in [0.2, 0.25) is 0 Å². The van der Waals surface area contributed by atoms with E-state index in [0.29, 0.717) is 18.4 Å². The molecule has 3 N–H and O–H groups in total. The first-order chi connectivity index (χ1) is 8.49. The Morgan fingerprint density at radius 3 is 2.50 bits per heavy atom. The van der Waals surface area contributed by atoms with E-state index in [1.165, 1.54) is 6.07 Å². The lowest BCUT2D eigenvalue weighted by Crippen LogP contribution is -2.25. The van der Waals surface area contributed by atoms with Gasteiger partial charge in [-0.1, -0.05) is 13.0 Å². The minimum atomic E-state index is -0.960. The zero-order chi connectivity index (χ0) is 13.7. The molecule has 0 bridgehead atoms. The molecular weight excluding hydrogens is 240 g/mol. The van der Waals surface area contributed by atoms with Gasteiger partial charge in [0.05, 0.1) is 5.92 Å². The summed E-state index contributed by atoms with van der Waals surface area (Å²) in [6.45, 7) is 1.91. The monoisotopic (exact) mass is 257 g/mol. The van der Waals surface area contributed by atoms with E-state index in [4.69, 9.17) is 10.8 Å². The number of halogens is 2. The summed E-state index contributed by atoms with van der Waals surface area (Å²) in [4.78, 5) is 10.9. The molecule has 0 aliphatic heterocycles. The van der Waals surface area contributed by atoms with Crippen molar-refractivity contribution < 1.29 is 18.7 Å². The lowest BCUT2D eigenvalue weighted by molar-refractivity contribution is -0.141. The van der Waals surface area contributed by atoms with Gasteiger partial charge in [0.25, 0.3) is 0 Å². The lowest BCUT2D eigenvalue weighted by Gasteiger charge is -2.19. The molecule has 0 fully saturated rings. The first kappa shape index (κ1) is 14.6. The second-order valence-corrected chi connectivity index (χ2v) is 4.29. The fourth-order valence-corrected chi connectivity index (χ4v) is 1.95. The molecule has 18 heavy (non-hydrogen) atoms. The maximum atomic E-state index is 13.1. The molecule has 3 nitrogen and oxygen atoms in total. The number of carbonyl (C=O) groups is 1. The van der Waals surface area contributed by atoms with Crippen LogP contribution >= 0.6 is 0 Å². The van der Waals surface area contributed by atoms with Crippen LogP contribution in [0.15, 0.2) is 18.2 Å². The predicted molar refractivity (Wildman–Crippen MR) is 64.2 cm³/mol. The Labute approximate surface area is 105 Å². The Morgan fingerprint density at radius 2 is 2.06 bits per heavy atom. The molecule has 2 unspecified atom stereocenters. The third-order valence-electron chi connectivity index (χ3n) is 3.11. The van der Waals surface area contributed by atoms with Crippen LogP contribution in [0.4, 0.5) is 8.78 Å². The van der Waals surface area contributed by atoms with E-state index in [9.17, 15) is 13.6 Å². The van der Waals surface area contributed by atoms with Crippen LogP contribution in [0, 0.1) is 17.6 Å². The molecule has 1 aromatic rings. The first-order valence-electron chi connectivity index (χ1n) is 5.87. The Morgan fingerprint density at radius 1 is 1.39 bits per heavy atom. The molecule has 1 aromatic carbocycles. The summed E-state index contributed by atoms with van der Waals surface area (Å²) in [5, 5.41) is 8.95. The molecule has 0 aliphatic carbocycles. The summed E-state index contributed by atoms with van der Waals surface area (Å²) < 4.78 is 26.0. The zero-order valence-corrected chi connectivity index (χ0v) is 10.2. The molecular formula is C13H17F2NO2. The Hall–Kier alpha value is -1.49. The predicted octanol–water partition coefficient (Wildman–Crippen LogP) is 2.51. The number of aliphatic carboxylic acids is 1. The van der Waals surface area contributed by atoms with E-state index < -0.39 is 23.5 Å². The van der Waals surface area contributed by atoms with Crippen molar-refractivity contribution in [2.24, 2.45) is 11.7 Å². The van der Waals surface area contributed by atoms with Gasteiger partial charge < -0.3 is 10.8 Å². The molecule has 1 rings (SSSR count). The molecule has 2 atom stereocenters. The van der Waals surface area contributed by atoms with Crippen LogP contribution in [0.25, 0.3) is 0 Å². The van der Waals surface area contributed by atoms with Crippen LogP contribution < -0.4 is 5.73 Å². The van der Waals surface area contributed by atoms with Gasteiger partial charge in [-0.3, -0.25) is 4.79 Å². The lowest BCUT2D eigenvalue weighted by atomic mass is 9.87. The van der Waals surface area contributed by atoms with E-state index in [-0.39, 0.29) is 12.5 Å². The number of hydrogen-bond acceptors (Lipinski definition) is 2. The fourth-order valence-electron chi connectivity index (χ4n) is 1.95. The smallest absolute Gasteiger partial charge is 0.307 e. The normalized spacial score (nSPS) is 14.2. The number of carboxylic acids is 1. The van der Waals surface area contributed by atoms with Gasteiger partial charge in [0.1, 0.15) is 0 Å². The highest BCUT2D eigenvalue weighted by atomic mass is 19.2. The Balaban J connectivity index is 2.88. The van der Waals surface area contributed by atoms with Crippen molar-refractivity contribution in [2.75, 3.05) is 6.54 Å². The maximum Gasteiger partial charge on any atom is 0.307 e. The average molecular weight is 257 g/mol. The van der Waals surface area contributed by atoms with E-state index in [1.54, 1.807) is 0 Å². The van der Waals surface area contributed by atoms with Gasteiger partial charge >= 0.3 is 5.97 Å². The SMILES string of the molecule is CCC(CC(CN)C(=O)O)c1ccc(F)c(F)c1. The van der Waals surface area contributed by atoms with Crippen molar-refractivity contribution in [1.82, 2.24) is 0 Å². The Kier molecular flexibility index (Phi) is 5.22. The van der Waals surface area contributed by atoms with Gasteiger partial charge in [-0.05, 0) is 36.5 Å². The topological polar surface area (TPSA) is 63.3 Å². The summed E-state index contributed by atoms with van der Waals surface area (Å²) in [5.74, 6) is -3.57. The molecule has 0 radical (unpaired) electrons. The van der Waals surface area contributed by atoms with Crippen molar-refractivity contribution >= 4 is 5.97 Å². The van der Waals surface area contributed by atoms with E-state index >= 15 is 0 Å². The average Bonchev–Trinajstić information content (AvgIpc) is 2.34. The van der Waals surface area contributed by atoms with Gasteiger partial charge in [-0.15, -0.1) is 0 Å². The molecule has 100 valence electrons. The highest BCUT2D eigenvalue weighted by molar-refractivity contribution is 5.70. The second-order valence-electron chi connectivity index (χ2n) is 4.29. The van der Waals surface area contributed by atoms with Crippen molar-refractivity contribution in [2.45, 2.75) is 25.7 Å². The van der Waals surface area contributed by atoms with Crippen LogP contribution in [-0.2, 0) is 4.79 Å². The third kappa shape index (κ3) is 3.50. The van der Waals surface area contributed by atoms with E-state index in [0.717, 1.165) is 12.1 Å².